The van der Waals surface area contributed by atoms with Crippen molar-refractivity contribution in [1.82, 2.24) is 15.1 Å². The molecule has 3 atom stereocenters. The van der Waals surface area contributed by atoms with E-state index in [-0.39, 0.29) is 17.8 Å². The van der Waals surface area contributed by atoms with Crippen molar-refractivity contribution in [1.29, 1.82) is 0 Å². The van der Waals surface area contributed by atoms with Gasteiger partial charge in [-0.15, -0.1) is 0 Å². The Morgan fingerprint density at radius 1 is 1.25 bits per heavy atom. The smallest absolute Gasteiger partial charge is 0.237 e. The number of piperazine rings is 1. The van der Waals surface area contributed by atoms with Crippen LogP contribution >= 0.6 is 0 Å². The highest BCUT2D eigenvalue weighted by Crippen LogP contribution is 2.24. The first kappa shape index (κ1) is 21.1. The molecule has 3 rings (SSSR count). The van der Waals surface area contributed by atoms with E-state index >= 15 is 0 Å². The summed E-state index contributed by atoms with van der Waals surface area (Å²) in [6.45, 7) is 8.31. The molecule has 5 nitrogen and oxygen atoms in total. The van der Waals surface area contributed by atoms with Gasteiger partial charge >= 0.3 is 0 Å². The van der Waals surface area contributed by atoms with Crippen LogP contribution in [0.4, 0.5) is 4.39 Å². The van der Waals surface area contributed by atoms with Gasteiger partial charge < -0.3 is 10.1 Å². The summed E-state index contributed by atoms with van der Waals surface area (Å²) in [5.41, 5.74) is 0.869. The van der Waals surface area contributed by atoms with Crippen molar-refractivity contribution < 1.29 is 13.9 Å². The molecule has 2 fully saturated rings. The fourth-order valence-electron chi connectivity index (χ4n) is 4.42. The van der Waals surface area contributed by atoms with Crippen LogP contribution in [0.5, 0.6) is 5.75 Å². The lowest BCUT2D eigenvalue weighted by atomic mass is 9.86. The molecular weight excluding hydrogens is 357 g/mol. The number of carbonyl (C=O) groups excluding carboxylic acids is 1. The summed E-state index contributed by atoms with van der Waals surface area (Å²) >= 11 is 0. The van der Waals surface area contributed by atoms with E-state index in [0.717, 1.165) is 43.9 Å². The number of methoxy groups -OCH3 is 1. The fraction of sp³-hybridized carbons (Fsp3) is 0.682. The third-order valence-electron chi connectivity index (χ3n) is 6.41. The molecule has 1 aliphatic heterocycles. The molecule has 1 N–H and O–H groups in total. The van der Waals surface area contributed by atoms with Gasteiger partial charge in [0.1, 0.15) is 11.6 Å². The molecule has 0 radical (unpaired) electrons. The minimum atomic E-state index is -0.239. The molecule has 1 aromatic rings. The first-order valence-corrected chi connectivity index (χ1v) is 10.6. The fourth-order valence-corrected chi connectivity index (χ4v) is 4.42. The lowest BCUT2D eigenvalue weighted by Gasteiger charge is -2.38. The quantitative estimate of drug-likeness (QED) is 0.810. The number of hydrogen-bond acceptors (Lipinski definition) is 4. The van der Waals surface area contributed by atoms with E-state index in [1.165, 1.54) is 25.3 Å². The number of nitrogens with zero attached hydrogens (tertiary/aromatic N) is 2. The van der Waals surface area contributed by atoms with Crippen molar-refractivity contribution in [3.63, 3.8) is 0 Å². The Hall–Kier alpha value is -1.66. The van der Waals surface area contributed by atoms with Crippen LogP contribution in [-0.4, -0.2) is 61.1 Å². The molecule has 1 heterocycles. The van der Waals surface area contributed by atoms with Gasteiger partial charge in [-0.1, -0.05) is 19.8 Å². The van der Waals surface area contributed by atoms with Crippen molar-refractivity contribution in [2.75, 3.05) is 33.3 Å². The maximum atomic E-state index is 13.6. The molecule has 6 heteroatoms. The molecular formula is C22H34FN3O2. The highest BCUT2D eigenvalue weighted by molar-refractivity contribution is 5.81. The summed E-state index contributed by atoms with van der Waals surface area (Å²) in [5.74, 6) is 1.21. The molecule has 0 spiro atoms. The zero-order valence-corrected chi connectivity index (χ0v) is 17.4. The molecule has 1 saturated heterocycles. The van der Waals surface area contributed by atoms with E-state index in [1.54, 1.807) is 19.2 Å². The van der Waals surface area contributed by atoms with Gasteiger partial charge in [0.15, 0.2) is 0 Å². The molecule has 0 unspecified atom stereocenters. The lowest BCUT2D eigenvalue weighted by Crippen LogP contribution is -2.55. The Balaban J connectivity index is 1.49. The lowest BCUT2D eigenvalue weighted by molar-refractivity contribution is -0.127. The van der Waals surface area contributed by atoms with Crippen LogP contribution in [0.2, 0.25) is 0 Å². The van der Waals surface area contributed by atoms with Gasteiger partial charge in [-0.3, -0.25) is 14.6 Å². The molecule has 2 aliphatic rings. The van der Waals surface area contributed by atoms with Gasteiger partial charge in [0.2, 0.25) is 5.91 Å². The Morgan fingerprint density at radius 2 is 1.96 bits per heavy atom. The summed E-state index contributed by atoms with van der Waals surface area (Å²) in [6.07, 6.45) is 4.80. The van der Waals surface area contributed by atoms with E-state index in [1.807, 2.05) is 6.92 Å². The second-order valence-corrected chi connectivity index (χ2v) is 8.32. The minimum absolute atomic E-state index is 0.111. The number of benzene rings is 1. The van der Waals surface area contributed by atoms with Gasteiger partial charge in [0.05, 0.1) is 13.2 Å². The van der Waals surface area contributed by atoms with Crippen LogP contribution in [0.3, 0.4) is 0 Å². The van der Waals surface area contributed by atoms with Gasteiger partial charge in [-0.05, 0) is 43.9 Å². The van der Waals surface area contributed by atoms with Crippen LogP contribution < -0.4 is 10.1 Å². The number of halogens is 1. The molecule has 1 aliphatic carbocycles. The van der Waals surface area contributed by atoms with E-state index in [4.69, 9.17) is 4.74 Å². The van der Waals surface area contributed by atoms with Crippen molar-refractivity contribution in [3.05, 3.63) is 29.6 Å². The highest BCUT2D eigenvalue weighted by Gasteiger charge is 2.29. The van der Waals surface area contributed by atoms with Gasteiger partial charge in [-0.25, -0.2) is 4.39 Å². The monoisotopic (exact) mass is 391 g/mol. The number of carbonyl (C=O) groups is 1. The molecule has 0 aromatic heterocycles. The summed E-state index contributed by atoms with van der Waals surface area (Å²) < 4.78 is 18.9. The molecule has 28 heavy (non-hydrogen) atoms. The number of nitrogens with one attached hydrogen (secondary N) is 1. The normalized spacial score (nSPS) is 25.3. The predicted octanol–water partition coefficient (Wildman–Crippen LogP) is 3.04. The standard InChI is InChI=1S/C22H34FN3O2/c1-16-6-4-5-7-20(16)24-22(27)17(2)26-12-10-25(11-13-26)15-18-14-19(23)8-9-21(18)28-3/h8-9,14,16-17,20H,4-7,10-13,15H2,1-3H3,(H,24,27)/t16-,17+,20-/m0/s1. The van der Waals surface area contributed by atoms with Crippen molar-refractivity contribution in [3.8, 4) is 5.75 Å². The molecule has 156 valence electrons. The Morgan fingerprint density at radius 3 is 2.64 bits per heavy atom. The summed E-state index contributed by atoms with van der Waals surface area (Å²) in [6, 6.07) is 4.87. The molecule has 1 saturated carbocycles. The summed E-state index contributed by atoms with van der Waals surface area (Å²) in [4.78, 5) is 17.3. The maximum absolute atomic E-state index is 13.6. The van der Waals surface area contributed by atoms with Crippen molar-refractivity contribution >= 4 is 5.91 Å². The SMILES string of the molecule is COc1ccc(F)cc1CN1CCN([C@H](C)C(=O)N[C@H]2CCCC[C@@H]2C)CC1. The van der Waals surface area contributed by atoms with Crippen LogP contribution in [0.15, 0.2) is 18.2 Å². The van der Waals surface area contributed by atoms with E-state index < -0.39 is 0 Å². The highest BCUT2D eigenvalue weighted by atomic mass is 19.1. The van der Waals surface area contributed by atoms with Crippen molar-refractivity contribution in [2.45, 2.75) is 58.2 Å². The zero-order chi connectivity index (χ0) is 20.1. The number of rotatable bonds is 6. The van der Waals surface area contributed by atoms with Crippen molar-refractivity contribution in [2.24, 2.45) is 5.92 Å². The average Bonchev–Trinajstić information content (AvgIpc) is 2.70. The summed E-state index contributed by atoms with van der Waals surface area (Å²) in [5, 5.41) is 3.29. The predicted molar refractivity (Wildman–Crippen MR) is 109 cm³/mol. The second-order valence-electron chi connectivity index (χ2n) is 8.32. The largest absolute Gasteiger partial charge is 0.496 e. The Kier molecular flexibility index (Phi) is 7.30. The number of amides is 1. The van der Waals surface area contributed by atoms with Crippen LogP contribution in [0, 0.1) is 11.7 Å². The average molecular weight is 392 g/mol. The first-order chi connectivity index (χ1) is 13.5. The van der Waals surface area contributed by atoms with E-state index in [9.17, 15) is 9.18 Å². The minimum Gasteiger partial charge on any atom is -0.496 e. The van der Waals surface area contributed by atoms with Gasteiger partial charge in [0.25, 0.3) is 0 Å². The Labute approximate surface area is 168 Å². The molecule has 0 bridgehead atoms. The second kappa shape index (κ2) is 9.70. The maximum Gasteiger partial charge on any atom is 0.237 e. The van der Waals surface area contributed by atoms with Crippen LogP contribution in [-0.2, 0) is 11.3 Å². The summed E-state index contributed by atoms with van der Waals surface area (Å²) in [7, 11) is 1.61. The third kappa shape index (κ3) is 5.23. The number of ether oxygens (including phenoxy) is 1. The number of hydrogen-bond donors (Lipinski definition) is 1. The third-order valence-corrected chi connectivity index (χ3v) is 6.41. The first-order valence-electron chi connectivity index (χ1n) is 10.6. The Bertz CT molecular complexity index is 661. The van der Waals surface area contributed by atoms with E-state index in [2.05, 4.69) is 22.0 Å². The van der Waals surface area contributed by atoms with Crippen LogP contribution in [0.1, 0.15) is 45.1 Å². The van der Waals surface area contributed by atoms with Gasteiger partial charge in [-0.2, -0.15) is 0 Å². The zero-order valence-electron chi connectivity index (χ0n) is 17.4. The molecule has 1 amide bonds. The van der Waals surface area contributed by atoms with Crippen LogP contribution in [0.25, 0.3) is 0 Å². The topological polar surface area (TPSA) is 44.8 Å². The molecule has 1 aromatic carbocycles. The van der Waals surface area contributed by atoms with E-state index in [0.29, 0.717) is 18.5 Å². The van der Waals surface area contributed by atoms with Gasteiger partial charge in [0, 0.05) is 44.3 Å².